The van der Waals surface area contributed by atoms with E-state index in [0.717, 1.165) is 31.7 Å². The van der Waals surface area contributed by atoms with Gasteiger partial charge < -0.3 is 10.8 Å². The van der Waals surface area contributed by atoms with E-state index in [2.05, 4.69) is 77.7 Å². The first-order valence-corrected chi connectivity index (χ1v) is 10.6. The number of hydrogen-bond acceptors (Lipinski definition) is 3. The first kappa shape index (κ1) is 24.3. The Hall–Kier alpha value is -3.32. The highest BCUT2D eigenvalue weighted by Gasteiger charge is 2.39. The number of aliphatic carboxylic acids is 1. The van der Waals surface area contributed by atoms with Gasteiger partial charge in [-0.15, -0.1) is 0 Å². The number of nitrogens with zero attached hydrogens (tertiary/aromatic N) is 1. The molecule has 0 aliphatic carbocycles. The van der Waals surface area contributed by atoms with Crippen LogP contribution >= 0.6 is 0 Å². The lowest BCUT2D eigenvalue weighted by molar-refractivity contribution is -0.192. The molecule has 1 fully saturated rings. The largest absolute Gasteiger partial charge is 0.490 e. The van der Waals surface area contributed by atoms with Crippen molar-refractivity contribution in [1.82, 2.24) is 4.90 Å². The summed E-state index contributed by atoms with van der Waals surface area (Å²) >= 11 is 0. The van der Waals surface area contributed by atoms with E-state index in [1.54, 1.807) is 0 Å². The van der Waals surface area contributed by atoms with Crippen LogP contribution in [-0.2, 0) is 23.2 Å². The Kier molecular flexibility index (Phi) is 7.76. The molecule has 1 saturated heterocycles. The number of nitrogens with two attached hydrogens (primary N) is 1. The molecule has 33 heavy (non-hydrogen) atoms. The number of carbonyl (C=O) groups is 1. The molecule has 0 spiro atoms. The smallest absolute Gasteiger partial charge is 0.475 e. The Morgan fingerprint density at radius 1 is 0.909 bits per heavy atom. The number of rotatable bonds is 5. The Balaban J connectivity index is 0.000000383. The summed E-state index contributed by atoms with van der Waals surface area (Å²) < 4.78 is 31.7. The van der Waals surface area contributed by atoms with Gasteiger partial charge in [-0.25, -0.2) is 4.79 Å². The van der Waals surface area contributed by atoms with Gasteiger partial charge in [0.25, 0.3) is 0 Å². The quantitative estimate of drug-likeness (QED) is 0.512. The summed E-state index contributed by atoms with van der Waals surface area (Å²) in [7, 11) is 0. The standard InChI is InChI=1S/C24H26N2.C2HF3O2/c25-23-13-11-22(12-14-23)24(17-20-7-3-1-4-8-20)15-16-26(19-24)18-21-9-5-2-6-10-21;3-2(4,5)1(6)7/h1-14H,15-19,25H2;(H,6,7). The van der Waals surface area contributed by atoms with Gasteiger partial charge in [0.2, 0.25) is 0 Å². The average molecular weight is 457 g/mol. The highest BCUT2D eigenvalue weighted by Crippen LogP contribution is 2.38. The van der Waals surface area contributed by atoms with E-state index in [4.69, 9.17) is 15.6 Å². The molecule has 0 amide bonds. The fourth-order valence-corrected chi connectivity index (χ4v) is 4.24. The van der Waals surface area contributed by atoms with Crippen molar-refractivity contribution in [2.75, 3.05) is 18.8 Å². The van der Waals surface area contributed by atoms with E-state index >= 15 is 0 Å². The molecule has 1 unspecified atom stereocenters. The van der Waals surface area contributed by atoms with Gasteiger partial charge >= 0.3 is 12.1 Å². The van der Waals surface area contributed by atoms with Gasteiger partial charge in [-0.1, -0.05) is 72.8 Å². The highest BCUT2D eigenvalue weighted by molar-refractivity contribution is 5.73. The molecular weight excluding hydrogens is 429 g/mol. The van der Waals surface area contributed by atoms with E-state index in [9.17, 15) is 13.2 Å². The van der Waals surface area contributed by atoms with Crippen LogP contribution in [0, 0.1) is 0 Å². The first-order valence-electron chi connectivity index (χ1n) is 10.6. The molecule has 3 aromatic carbocycles. The summed E-state index contributed by atoms with van der Waals surface area (Å²) in [5.74, 6) is -2.76. The lowest BCUT2D eigenvalue weighted by Crippen LogP contribution is -2.33. The number of benzene rings is 3. The molecule has 0 saturated carbocycles. The summed E-state index contributed by atoms with van der Waals surface area (Å²) in [6, 6.07) is 30.2. The maximum atomic E-state index is 10.6. The molecule has 3 N–H and O–H groups in total. The zero-order valence-corrected chi connectivity index (χ0v) is 18.1. The number of alkyl halides is 3. The average Bonchev–Trinajstić information content (AvgIpc) is 3.18. The van der Waals surface area contributed by atoms with Crippen molar-refractivity contribution in [2.24, 2.45) is 0 Å². The fraction of sp³-hybridized carbons (Fsp3) is 0.269. The van der Waals surface area contributed by atoms with Crippen LogP contribution in [0.1, 0.15) is 23.1 Å². The normalized spacial score (nSPS) is 18.4. The maximum Gasteiger partial charge on any atom is 0.490 e. The number of likely N-dealkylation sites (tertiary alicyclic amines) is 1. The third-order valence-corrected chi connectivity index (χ3v) is 5.83. The third kappa shape index (κ3) is 6.83. The van der Waals surface area contributed by atoms with Crippen LogP contribution in [0.4, 0.5) is 18.9 Å². The van der Waals surface area contributed by atoms with Crippen molar-refractivity contribution in [3.63, 3.8) is 0 Å². The lowest BCUT2D eigenvalue weighted by Gasteiger charge is -2.31. The molecule has 4 rings (SSSR count). The van der Waals surface area contributed by atoms with E-state index in [1.165, 1.54) is 23.1 Å². The lowest BCUT2D eigenvalue weighted by atomic mass is 9.75. The van der Waals surface area contributed by atoms with Gasteiger partial charge in [0.1, 0.15) is 0 Å². The minimum absolute atomic E-state index is 0.157. The van der Waals surface area contributed by atoms with Crippen molar-refractivity contribution in [3.05, 3.63) is 102 Å². The van der Waals surface area contributed by atoms with E-state index in [0.29, 0.717) is 0 Å². The van der Waals surface area contributed by atoms with Crippen LogP contribution in [0.25, 0.3) is 0 Å². The molecule has 3 aromatic rings. The van der Waals surface area contributed by atoms with E-state index in [-0.39, 0.29) is 5.41 Å². The molecular formula is C26H27F3N2O2. The second-order valence-electron chi connectivity index (χ2n) is 8.31. The molecule has 4 nitrogen and oxygen atoms in total. The number of nitrogen functional groups attached to an aromatic ring is 1. The van der Waals surface area contributed by atoms with Crippen LogP contribution in [0.3, 0.4) is 0 Å². The van der Waals surface area contributed by atoms with Gasteiger partial charge in [-0.2, -0.15) is 13.2 Å². The summed E-state index contributed by atoms with van der Waals surface area (Å²) in [6.45, 7) is 3.24. The number of anilines is 1. The number of carboxylic acid groups (broad SMARTS) is 1. The van der Waals surface area contributed by atoms with Gasteiger partial charge in [0, 0.05) is 24.2 Å². The van der Waals surface area contributed by atoms with E-state index in [1.807, 2.05) is 12.1 Å². The molecule has 174 valence electrons. The molecule has 0 aromatic heterocycles. The minimum Gasteiger partial charge on any atom is -0.475 e. The number of halogens is 3. The Morgan fingerprint density at radius 2 is 1.42 bits per heavy atom. The Morgan fingerprint density at radius 3 is 1.94 bits per heavy atom. The van der Waals surface area contributed by atoms with Crippen LogP contribution in [0.5, 0.6) is 0 Å². The van der Waals surface area contributed by atoms with Crippen LogP contribution in [0.2, 0.25) is 0 Å². The van der Waals surface area contributed by atoms with Crippen molar-refractivity contribution in [2.45, 2.75) is 31.0 Å². The van der Waals surface area contributed by atoms with Crippen molar-refractivity contribution < 1.29 is 23.1 Å². The summed E-state index contributed by atoms with van der Waals surface area (Å²) in [5, 5.41) is 7.12. The number of carboxylic acids is 1. The predicted octanol–water partition coefficient (Wildman–Crippen LogP) is 5.29. The summed E-state index contributed by atoms with van der Waals surface area (Å²) in [6.07, 6.45) is -2.83. The third-order valence-electron chi connectivity index (χ3n) is 5.83. The van der Waals surface area contributed by atoms with Crippen molar-refractivity contribution >= 4 is 11.7 Å². The second-order valence-corrected chi connectivity index (χ2v) is 8.31. The fourth-order valence-electron chi connectivity index (χ4n) is 4.24. The molecule has 7 heteroatoms. The van der Waals surface area contributed by atoms with Crippen LogP contribution in [-0.4, -0.2) is 35.2 Å². The topological polar surface area (TPSA) is 66.6 Å². The molecule has 1 aliphatic heterocycles. The van der Waals surface area contributed by atoms with Crippen molar-refractivity contribution in [1.29, 1.82) is 0 Å². The predicted molar refractivity (Wildman–Crippen MR) is 123 cm³/mol. The molecule has 1 heterocycles. The molecule has 1 atom stereocenters. The van der Waals surface area contributed by atoms with Crippen LogP contribution < -0.4 is 5.73 Å². The second kappa shape index (κ2) is 10.5. The first-order chi connectivity index (χ1) is 15.7. The summed E-state index contributed by atoms with van der Waals surface area (Å²) in [4.78, 5) is 11.5. The molecule has 0 radical (unpaired) electrons. The minimum atomic E-state index is -5.08. The highest BCUT2D eigenvalue weighted by atomic mass is 19.4. The molecule has 0 bridgehead atoms. The van der Waals surface area contributed by atoms with Gasteiger partial charge in [0.05, 0.1) is 0 Å². The zero-order valence-electron chi connectivity index (χ0n) is 18.1. The van der Waals surface area contributed by atoms with E-state index < -0.39 is 12.1 Å². The SMILES string of the molecule is Nc1ccc(C2(Cc3ccccc3)CCN(Cc3ccccc3)C2)cc1.O=C(O)C(F)(F)F. The number of hydrogen-bond donors (Lipinski definition) is 2. The monoisotopic (exact) mass is 456 g/mol. The van der Waals surface area contributed by atoms with Gasteiger partial charge in [-0.05, 0) is 48.2 Å². The molecule has 1 aliphatic rings. The Bertz CT molecular complexity index is 1020. The van der Waals surface area contributed by atoms with Gasteiger partial charge in [0.15, 0.2) is 0 Å². The summed E-state index contributed by atoms with van der Waals surface area (Å²) in [5.41, 5.74) is 11.1. The Labute approximate surface area is 191 Å². The van der Waals surface area contributed by atoms with Gasteiger partial charge in [-0.3, -0.25) is 4.90 Å². The van der Waals surface area contributed by atoms with Crippen molar-refractivity contribution in [3.8, 4) is 0 Å². The maximum absolute atomic E-state index is 10.6. The van der Waals surface area contributed by atoms with Crippen LogP contribution in [0.15, 0.2) is 84.9 Å². The zero-order chi connectivity index (χ0) is 23.9.